The first-order chi connectivity index (χ1) is 12.8. The molecule has 0 bridgehead atoms. The fourth-order valence-electron chi connectivity index (χ4n) is 2.83. The van der Waals surface area contributed by atoms with Gasteiger partial charge in [-0.15, -0.1) is 0 Å². The molecule has 0 aromatic carbocycles. The number of carbonyl (C=O) groups excluding carboxylic acids is 1. The van der Waals surface area contributed by atoms with Crippen LogP contribution in [0.3, 0.4) is 0 Å². The summed E-state index contributed by atoms with van der Waals surface area (Å²) in [6, 6.07) is 4.01. The fraction of sp³-hybridized carbons (Fsp3) is 0.389. The largest absolute Gasteiger partial charge is 0.369 e. The van der Waals surface area contributed by atoms with E-state index < -0.39 is 0 Å². The summed E-state index contributed by atoms with van der Waals surface area (Å²) in [6.07, 6.45) is 3.38. The van der Waals surface area contributed by atoms with Gasteiger partial charge in [0, 0.05) is 24.8 Å². The molecule has 0 radical (unpaired) electrons. The van der Waals surface area contributed by atoms with Crippen LogP contribution in [0, 0.1) is 12.8 Å². The van der Waals surface area contributed by atoms with Crippen LogP contribution < -0.4 is 16.4 Å². The van der Waals surface area contributed by atoms with Crippen LogP contribution in [0.25, 0.3) is 11.0 Å². The summed E-state index contributed by atoms with van der Waals surface area (Å²) in [5.74, 6) is 1.95. The van der Waals surface area contributed by atoms with Gasteiger partial charge >= 0.3 is 0 Å². The molecule has 4 N–H and O–H groups in total. The van der Waals surface area contributed by atoms with Crippen LogP contribution in [0.4, 0.5) is 17.6 Å². The number of nitrogens with two attached hydrogens (primary N) is 1. The minimum atomic E-state index is -0.369. The van der Waals surface area contributed by atoms with E-state index in [2.05, 4.69) is 49.0 Å². The third-order valence-corrected chi connectivity index (χ3v) is 4.23. The van der Waals surface area contributed by atoms with Crippen molar-refractivity contribution in [2.45, 2.75) is 33.7 Å². The van der Waals surface area contributed by atoms with E-state index in [0.717, 1.165) is 16.9 Å². The number of amides is 1. The Kier molecular flexibility index (Phi) is 5.20. The van der Waals surface area contributed by atoms with Gasteiger partial charge in [0.1, 0.15) is 23.0 Å². The van der Waals surface area contributed by atoms with Gasteiger partial charge in [0.2, 0.25) is 11.9 Å². The zero-order valence-electron chi connectivity index (χ0n) is 15.9. The minimum Gasteiger partial charge on any atom is -0.369 e. The van der Waals surface area contributed by atoms with Crippen molar-refractivity contribution in [3.63, 3.8) is 0 Å². The monoisotopic (exact) mass is 368 g/mol. The van der Waals surface area contributed by atoms with Crippen LogP contribution in [0.5, 0.6) is 0 Å². The molecule has 3 aromatic rings. The highest BCUT2D eigenvalue weighted by molar-refractivity contribution is 5.79. The molecule has 3 aromatic heterocycles. The van der Waals surface area contributed by atoms with Crippen molar-refractivity contribution in [2.24, 2.45) is 11.7 Å². The number of nitrogens with zero attached hydrogens (tertiary/aromatic N) is 5. The highest BCUT2D eigenvalue weighted by Crippen LogP contribution is 2.23. The number of anilines is 3. The number of rotatable bonds is 7. The van der Waals surface area contributed by atoms with Crippen molar-refractivity contribution in [3.05, 3.63) is 30.4 Å². The van der Waals surface area contributed by atoms with Crippen LogP contribution in [0.2, 0.25) is 0 Å². The Bertz CT molecular complexity index is 965. The number of fused-ring (bicyclic) bond motifs is 1. The first kappa shape index (κ1) is 18.6. The summed E-state index contributed by atoms with van der Waals surface area (Å²) in [5.41, 5.74) is 7.14. The molecular weight excluding hydrogens is 344 g/mol. The molecule has 9 heteroatoms. The molecule has 9 nitrogen and oxygen atoms in total. The van der Waals surface area contributed by atoms with Crippen molar-refractivity contribution < 1.29 is 4.79 Å². The van der Waals surface area contributed by atoms with Crippen LogP contribution in [-0.2, 0) is 4.79 Å². The molecule has 3 heterocycles. The lowest BCUT2D eigenvalue weighted by Crippen LogP contribution is -2.27. The second-order valence-electron chi connectivity index (χ2n) is 6.76. The summed E-state index contributed by atoms with van der Waals surface area (Å²) in [7, 11) is 0. The molecule has 0 aliphatic carbocycles. The van der Waals surface area contributed by atoms with Gasteiger partial charge in [0.25, 0.3) is 0 Å². The number of pyridine rings is 1. The summed E-state index contributed by atoms with van der Waals surface area (Å²) < 4.78 is 2.17. The van der Waals surface area contributed by atoms with E-state index in [4.69, 9.17) is 5.73 Å². The maximum absolute atomic E-state index is 11.1. The lowest BCUT2D eigenvalue weighted by Gasteiger charge is -2.12. The molecule has 0 aliphatic heterocycles. The maximum Gasteiger partial charge on any atom is 0.224 e. The average molecular weight is 368 g/mol. The summed E-state index contributed by atoms with van der Waals surface area (Å²) >= 11 is 0. The molecule has 1 atom stereocenters. The summed E-state index contributed by atoms with van der Waals surface area (Å²) in [4.78, 5) is 28.6. The van der Waals surface area contributed by atoms with Crippen molar-refractivity contribution in [1.82, 2.24) is 24.5 Å². The van der Waals surface area contributed by atoms with E-state index in [1.165, 1.54) is 0 Å². The Hall–Kier alpha value is -3.23. The normalized spacial score (nSPS) is 12.3. The molecule has 1 amide bonds. The molecule has 3 rings (SSSR count). The standard InChI is InChI=1S/C18H24N8O/c1-10(2)26-12(4)23-13-9-21-16(7-14(13)26)24-15-5-6-20-18(25-15)22-8-11(3)17(19)27/h5-7,9-11H,8H2,1-4H3,(H2,19,27)(H2,20,21,22,24,25). The van der Waals surface area contributed by atoms with Crippen molar-refractivity contribution >= 4 is 34.5 Å². The molecule has 0 aliphatic rings. The lowest BCUT2D eigenvalue weighted by molar-refractivity contribution is -0.120. The van der Waals surface area contributed by atoms with Gasteiger partial charge in [-0.3, -0.25) is 4.79 Å². The molecule has 0 saturated heterocycles. The van der Waals surface area contributed by atoms with Gasteiger partial charge in [-0.25, -0.2) is 15.0 Å². The Morgan fingerprint density at radius 2 is 2.00 bits per heavy atom. The van der Waals surface area contributed by atoms with Crippen molar-refractivity contribution in [3.8, 4) is 0 Å². The molecule has 27 heavy (non-hydrogen) atoms. The molecule has 0 spiro atoms. The zero-order chi connectivity index (χ0) is 19.6. The number of hydrogen-bond donors (Lipinski definition) is 3. The van der Waals surface area contributed by atoms with Crippen molar-refractivity contribution in [1.29, 1.82) is 0 Å². The Balaban J connectivity index is 1.80. The number of carbonyl (C=O) groups is 1. The predicted molar refractivity (Wildman–Crippen MR) is 105 cm³/mol. The number of hydrogen-bond acceptors (Lipinski definition) is 7. The summed E-state index contributed by atoms with van der Waals surface area (Å²) in [5, 5.41) is 6.20. The smallest absolute Gasteiger partial charge is 0.224 e. The number of primary amides is 1. The maximum atomic E-state index is 11.1. The van der Waals surface area contributed by atoms with Crippen molar-refractivity contribution in [2.75, 3.05) is 17.2 Å². The zero-order valence-corrected chi connectivity index (χ0v) is 15.9. The van der Waals surface area contributed by atoms with Crippen LogP contribution in [-0.4, -0.2) is 37.0 Å². The third kappa shape index (κ3) is 4.13. The van der Waals surface area contributed by atoms with E-state index in [9.17, 15) is 4.79 Å². The van der Waals surface area contributed by atoms with E-state index >= 15 is 0 Å². The van der Waals surface area contributed by atoms with Gasteiger partial charge in [-0.2, -0.15) is 4.98 Å². The minimum absolute atomic E-state index is 0.298. The first-order valence-electron chi connectivity index (χ1n) is 8.83. The number of nitrogens with one attached hydrogen (secondary N) is 2. The van der Waals surface area contributed by atoms with Gasteiger partial charge < -0.3 is 20.9 Å². The van der Waals surface area contributed by atoms with E-state index in [1.54, 1.807) is 25.4 Å². The van der Waals surface area contributed by atoms with E-state index in [-0.39, 0.29) is 11.8 Å². The first-order valence-corrected chi connectivity index (χ1v) is 8.83. The van der Waals surface area contributed by atoms with Crippen LogP contribution in [0.15, 0.2) is 24.5 Å². The lowest BCUT2D eigenvalue weighted by atomic mass is 10.2. The summed E-state index contributed by atoms with van der Waals surface area (Å²) in [6.45, 7) is 8.35. The number of imidazole rings is 1. The van der Waals surface area contributed by atoms with Gasteiger partial charge in [-0.1, -0.05) is 6.92 Å². The Morgan fingerprint density at radius 1 is 1.22 bits per heavy atom. The SMILES string of the molecule is Cc1nc2cnc(Nc3ccnc(NCC(C)C(N)=O)n3)cc2n1C(C)C. The molecule has 1 unspecified atom stereocenters. The highest BCUT2D eigenvalue weighted by Gasteiger charge is 2.12. The number of aromatic nitrogens is 5. The van der Waals surface area contributed by atoms with E-state index in [1.807, 2.05) is 13.0 Å². The van der Waals surface area contributed by atoms with Crippen LogP contribution >= 0.6 is 0 Å². The molecule has 0 fully saturated rings. The van der Waals surface area contributed by atoms with Crippen LogP contribution in [0.1, 0.15) is 32.6 Å². The van der Waals surface area contributed by atoms with Gasteiger partial charge in [0.05, 0.1) is 17.6 Å². The van der Waals surface area contributed by atoms with Gasteiger partial charge in [0.15, 0.2) is 0 Å². The highest BCUT2D eigenvalue weighted by atomic mass is 16.1. The topological polar surface area (TPSA) is 124 Å². The molecule has 0 saturated carbocycles. The Labute approximate surface area is 157 Å². The number of aryl methyl sites for hydroxylation is 1. The molecule has 142 valence electrons. The second kappa shape index (κ2) is 7.56. The Morgan fingerprint density at radius 3 is 2.70 bits per heavy atom. The quantitative estimate of drug-likeness (QED) is 0.585. The molecular formula is C18H24N8O. The second-order valence-corrected chi connectivity index (χ2v) is 6.76. The average Bonchev–Trinajstić information content (AvgIpc) is 2.95. The van der Waals surface area contributed by atoms with Gasteiger partial charge in [-0.05, 0) is 26.8 Å². The fourth-order valence-corrected chi connectivity index (χ4v) is 2.83. The predicted octanol–water partition coefficient (Wildman–Crippen LogP) is 2.39. The third-order valence-electron chi connectivity index (χ3n) is 4.23. The van der Waals surface area contributed by atoms with E-state index in [0.29, 0.717) is 30.2 Å².